The molecule has 1 aliphatic heterocycles. The van der Waals surface area contributed by atoms with E-state index in [0.717, 1.165) is 47.5 Å². The quantitative estimate of drug-likeness (QED) is 0.872. The number of aryl methyl sites for hydroxylation is 3. The van der Waals surface area contributed by atoms with E-state index >= 15 is 0 Å². The number of aromatic nitrogens is 3. The summed E-state index contributed by atoms with van der Waals surface area (Å²) in [6, 6.07) is 4.01. The molecule has 0 aromatic carbocycles. The van der Waals surface area contributed by atoms with E-state index in [-0.39, 0.29) is 11.9 Å². The molecule has 1 fully saturated rings. The van der Waals surface area contributed by atoms with Crippen LogP contribution in [0.2, 0.25) is 0 Å². The lowest BCUT2D eigenvalue weighted by atomic mass is 10.0. The van der Waals surface area contributed by atoms with Gasteiger partial charge in [0.2, 0.25) is 0 Å². The number of rotatable bonds is 3. The first-order valence-corrected chi connectivity index (χ1v) is 8.92. The molecule has 1 aliphatic rings. The van der Waals surface area contributed by atoms with Gasteiger partial charge in [-0.2, -0.15) is 5.10 Å². The first-order chi connectivity index (χ1) is 11.4. The third-order valence-electron chi connectivity index (χ3n) is 4.31. The maximum Gasteiger partial charge on any atom is 0.269 e. The molecule has 2 aromatic heterocycles. The maximum atomic E-state index is 12.5. The van der Waals surface area contributed by atoms with Gasteiger partial charge < -0.3 is 10.2 Å². The fraction of sp³-hybridized carbons (Fsp3) is 0.471. The normalized spacial score (nSPS) is 17.8. The molecule has 0 bridgehead atoms. The Morgan fingerprint density at radius 1 is 1.38 bits per heavy atom. The average Bonchev–Trinajstić information content (AvgIpc) is 2.86. The molecule has 2 aromatic rings. The highest BCUT2D eigenvalue weighted by Gasteiger charge is 2.24. The van der Waals surface area contributed by atoms with Crippen LogP contribution < -0.4 is 10.2 Å². The number of nitrogens with zero attached hydrogens (tertiary/aromatic N) is 4. The summed E-state index contributed by atoms with van der Waals surface area (Å²) in [5.74, 6) is 0.930. The monoisotopic (exact) mass is 391 g/mol. The Balaban J connectivity index is 1.69. The van der Waals surface area contributed by atoms with Crippen molar-refractivity contribution in [2.75, 3.05) is 18.0 Å². The van der Waals surface area contributed by atoms with Crippen molar-refractivity contribution in [3.8, 4) is 0 Å². The van der Waals surface area contributed by atoms with Gasteiger partial charge in [-0.15, -0.1) is 0 Å². The van der Waals surface area contributed by atoms with E-state index in [0.29, 0.717) is 5.69 Å². The highest BCUT2D eigenvalue weighted by atomic mass is 79.9. The maximum absolute atomic E-state index is 12.5. The number of hydrogen-bond acceptors (Lipinski definition) is 4. The van der Waals surface area contributed by atoms with Gasteiger partial charge in [-0.05, 0) is 60.3 Å². The second-order valence-electron chi connectivity index (χ2n) is 6.35. The zero-order chi connectivity index (χ0) is 17.3. The summed E-state index contributed by atoms with van der Waals surface area (Å²) in [6.45, 7) is 5.69. The van der Waals surface area contributed by atoms with Crippen molar-refractivity contribution < 1.29 is 4.79 Å². The molecule has 1 unspecified atom stereocenters. The van der Waals surface area contributed by atoms with Crippen LogP contribution in [0.4, 0.5) is 5.82 Å². The summed E-state index contributed by atoms with van der Waals surface area (Å²) in [4.78, 5) is 19.3. The molecule has 24 heavy (non-hydrogen) atoms. The van der Waals surface area contributed by atoms with E-state index in [2.05, 4.69) is 49.2 Å². The van der Waals surface area contributed by atoms with Crippen molar-refractivity contribution >= 4 is 27.7 Å². The van der Waals surface area contributed by atoms with Gasteiger partial charge in [-0.1, -0.05) is 0 Å². The Labute approximate surface area is 150 Å². The third kappa shape index (κ3) is 3.61. The minimum atomic E-state index is -0.0644. The summed E-state index contributed by atoms with van der Waals surface area (Å²) < 4.78 is 2.61. The van der Waals surface area contributed by atoms with Crippen molar-refractivity contribution in [1.82, 2.24) is 20.1 Å². The number of nitrogens with one attached hydrogen (secondary N) is 1. The minimum Gasteiger partial charge on any atom is -0.354 e. The van der Waals surface area contributed by atoms with Crippen LogP contribution in [0.25, 0.3) is 0 Å². The first-order valence-electron chi connectivity index (χ1n) is 8.12. The van der Waals surface area contributed by atoms with Crippen molar-refractivity contribution in [2.45, 2.75) is 32.7 Å². The number of anilines is 1. The van der Waals surface area contributed by atoms with E-state index < -0.39 is 0 Å². The molecule has 3 heterocycles. The number of amides is 1. The van der Waals surface area contributed by atoms with E-state index in [4.69, 9.17) is 0 Å². The average molecular weight is 392 g/mol. The van der Waals surface area contributed by atoms with Gasteiger partial charge >= 0.3 is 0 Å². The number of piperidine rings is 1. The Morgan fingerprint density at radius 3 is 2.83 bits per heavy atom. The molecular weight excluding hydrogens is 370 g/mol. The van der Waals surface area contributed by atoms with E-state index in [1.54, 1.807) is 11.7 Å². The van der Waals surface area contributed by atoms with E-state index in [9.17, 15) is 4.79 Å². The highest BCUT2D eigenvalue weighted by Crippen LogP contribution is 2.24. The van der Waals surface area contributed by atoms with Crippen LogP contribution >= 0.6 is 15.9 Å². The predicted octanol–water partition coefficient (Wildman–Crippen LogP) is 2.59. The van der Waals surface area contributed by atoms with Crippen molar-refractivity contribution in [2.24, 2.45) is 7.05 Å². The molecule has 7 heteroatoms. The Kier molecular flexibility index (Phi) is 4.89. The molecule has 0 spiro atoms. The van der Waals surface area contributed by atoms with Gasteiger partial charge in [0.15, 0.2) is 0 Å². The Morgan fingerprint density at radius 2 is 2.17 bits per heavy atom. The molecule has 128 valence electrons. The molecule has 0 aliphatic carbocycles. The van der Waals surface area contributed by atoms with Crippen LogP contribution in [0.15, 0.2) is 22.8 Å². The molecule has 3 rings (SSSR count). The molecule has 6 nitrogen and oxygen atoms in total. The molecule has 1 saturated heterocycles. The molecule has 0 radical (unpaired) electrons. The van der Waals surface area contributed by atoms with Crippen molar-refractivity contribution in [3.05, 3.63) is 39.8 Å². The lowest BCUT2D eigenvalue weighted by molar-refractivity contribution is 0.0923. The van der Waals surface area contributed by atoms with E-state index in [1.165, 1.54) is 0 Å². The van der Waals surface area contributed by atoms with Crippen LogP contribution in [0.3, 0.4) is 0 Å². The van der Waals surface area contributed by atoms with Gasteiger partial charge in [0.25, 0.3) is 5.91 Å². The zero-order valence-corrected chi connectivity index (χ0v) is 15.8. The summed E-state index contributed by atoms with van der Waals surface area (Å²) >= 11 is 3.45. The SMILES string of the molecule is Cc1cc(C(=O)NC2CCCN(c3ncc(Br)cc3C)C2)n(C)n1. The molecule has 1 N–H and O–H groups in total. The van der Waals surface area contributed by atoms with E-state index in [1.807, 2.05) is 19.2 Å². The van der Waals surface area contributed by atoms with Crippen molar-refractivity contribution in [1.29, 1.82) is 0 Å². The standard InChI is InChI=1S/C17H22BrN5O/c1-11-7-13(18)9-19-16(11)23-6-4-5-14(10-23)20-17(24)15-8-12(2)21-22(15)3/h7-9,14H,4-6,10H2,1-3H3,(H,20,24). The smallest absolute Gasteiger partial charge is 0.269 e. The van der Waals surface area contributed by atoms with Gasteiger partial charge in [0, 0.05) is 36.8 Å². The first kappa shape index (κ1) is 17.0. The lowest BCUT2D eigenvalue weighted by Gasteiger charge is -2.34. The second-order valence-corrected chi connectivity index (χ2v) is 7.26. The van der Waals surface area contributed by atoms with Crippen LogP contribution in [0, 0.1) is 13.8 Å². The van der Waals surface area contributed by atoms with Gasteiger partial charge in [0.05, 0.1) is 5.69 Å². The molecule has 1 atom stereocenters. The molecule has 0 saturated carbocycles. The Hall–Kier alpha value is -1.89. The van der Waals surface area contributed by atoms with Crippen molar-refractivity contribution in [3.63, 3.8) is 0 Å². The number of hydrogen-bond donors (Lipinski definition) is 1. The fourth-order valence-corrected chi connectivity index (χ4v) is 3.68. The summed E-state index contributed by atoms with van der Waals surface area (Å²) in [5.41, 5.74) is 2.59. The van der Waals surface area contributed by atoms with Crippen LogP contribution in [-0.2, 0) is 7.05 Å². The van der Waals surface area contributed by atoms with Crippen LogP contribution in [0.5, 0.6) is 0 Å². The number of pyridine rings is 1. The number of carbonyl (C=O) groups excluding carboxylic acids is 1. The topological polar surface area (TPSA) is 63.1 Å². The van der Waals surface area contributed by atoms with Gasteiger partial charge in [0.1, 0.15) is 11.5 Å². The summed E-state index contributed by atoms with van der Waals surface area (Å²) in [5, 5.41) is 7.38. The predicted molar refractivity (Wildman–Crippen MR) is 97.3 cm³/mol. The second kappa shape index (κ2) is 6.93. The number of halogens is 1. The van der Waals surface area contributed by atoms with Crippen LogP contribution in [-0.4, -0.2) is 39.8 Å². The zero-order valence-electron chi connectivity index (χ0n) is 14.2. The molecular formula is C17H22BrN5O. The highest BCUT2D eigenvalue weighted by molar-refractivity contribution is 9.10. The molecule has 1 amide bonds. The summed E-state index contributed by atoms with van der Waals surface area (Å²) in [6.07, 6.45) is 3.84. The van der Waals surface area contributed by atoms with Gasteiger partial charge in [-0.3, -0.25) is 9.48 Å². The largest absolute Gasteiger partial charge is 0.354 e. The van der Waals surface area contributed by atoms with Gasteiger partial charge in [-0.25, -0.2) is 4.98 Å². The minimum absolute atomic E-state index is 0.0644. The number of carbonyl (C=O) groups is 1. The summed E-state index contributed by atoms with van der Waals surface area (Å²) in [7, 11) is 1.80. The lowest BCUT2D eigenvalue weighted by Crippen LogP contribution is -2.48. The third-order valence-corrected chi connectivity index (χ3v) is 4.74. The van der Waals surface area contributed by atoms with Crippen LogP contribution in [0.1, 0.15) is 34.6 Å². The Bertz CT molecular complexity index is 757. The fourth-order valence-electron chi connectivity index (χ4n) is 3.23.